The van der Waals surface area contributed by atoms with Gasteiger partial charge in [0.05, 0.1) is 5.88 Å². The summed E-state index contributed by atoms with van der Waals surface area (Å²) in [6.07, 6.45) is 3.63. The van der Waals surface area contributed by atoms with Crippen LogP contribution in [0.3, 0.4) is 0 Å². The van der Waals surface area contributed by atoms with Gasteiger partial charge in [0.15, 0.2) is 0 Å². The molecule has 1 saturated heterocycles. The zero-order chi connectivity index (χ0) is 12.3. The van der Waals surface area contributed by atoms with Crippen LogP contribution < -0.4 is 4.90 Å². The molecule has 1 aromatic rings. The van der Waals surface area contributed by atoms with Crippen LogP contribution in [-0.2, 0) is 15.4 Å². The summed E-state index contributed by atoms with van der Waals surface area (Å²) in [7, 11) is 3.38. The number of methoxy groups -OCH3 is 2. The van der Waals surface area contributed by atoms with Crippen LogP contribution in [0.5, 0.6) is 0 Å². The van der Waals surface area contributed by atoms with Crippen molar-refractivity contribution in [2.24, 2.45) is 0 Å². The maximum Gasteiger partial charge on any atom is 0.225 e. The Hall–Kier alpha value is -0.910. The summed E-state index contributed by atoms with van der Waals surface area (Å²) in [5.41, 5.74) is 0.918. The molecule has 6 heteroatoms. The van der Waals surface area contributed by atoms with E-state index in [4.69, 9.17) is 21.1 Å². The minimum Gasteiger partial charge on any atom is -0.377 e. The topological polar surface area (TPSA) is 47.5 Å². The van der Waals surface area contributed by atoms with E-state index in [1.54, 1.807) is 26.6 Å². The van der Waals surface area contributed by atoms with Gasteiger partial charge in [0.2, 0.25) is 5.95 Å². The lowest BCUT2D eigenvalue weighted by Crippen LogP contribution is -2.27. The molecule has 2 atom stereocenters. The Labute approximate surface area is 106 Å². The first kappa shape index (κ1) is 12.5. The van der Waals surface area contributed by atoms with Crippen LogP contribution in [0.25, 0.3) is 0 Å². The standard InChI is InChI=1S/C11H16ClN3O2/c1-16-9-6-15(7-10(9)17-2)11-13-4-8(3-12)5-14-11/h4-5,9-10H,3,6-7H2,1-2H3. The number of hydrogen-bond acceptors (Lipinski definition) is 5. The molecular weight excluding hydrogens is 242 g/mol. The maximum atomic E-state index is 5.70. The molecule has 0 radical (unpaired) electrons. The molecule has 0 saturated carbocycles. The van der Waals surface area contributed by atoms with Gasteiger partial charge in [0.1, 0.15) is 12.2 Å². The fourth-order valence-electron chi connectivity index (χ4n) is 1.94. The molecular formula is C11H16ClN3O2. The van der Waals surface area contributed by atoms with E-state index < -0.39 is 0 Å². The third-order valence-electron chi connectivity index (χ3n) is 2.95. The number of halogens is 1. The van der Waals surface area contributed by atoms with E-state index in [-0.39, 0.29) is 12.2 Å². The molecule has 1 fully saturated rings. The fourth-order valence-corrected chi connectivity index (χ4v) is 2.08. The van der Waals surface area contributed by atoms with Crippen LogP contribution in [0, 0.1) is 0 Å². The van der Waals surface area contributed by atoms with Crippen LogP contribution >= 0.6 is 11.6 Å². The highest BCUT2D eigenvalue weighted by molar-refractivity contribution is 6.17. The van der Waals surface area contributed by atoms with Crippen molar-refractivity contribution in [1.82, 2.24) is 9.97 Å². The van der Waals surface area contributed by atoms with Gasteiger partial charge < -0.3 is 14.4 Å². The van der Waals surface area contributed by atoms with E-state index in [0.717, 1.165) is 18.7 Å². The number of anilines is 1. The number of alkyl halides is 1. The van der Waals surface area contributed by atoms with Crippen LogP contribution in [0.15, 0.2) is 12.4 Å². The first-order chi connectivity index (χ1) is 8.28. The third-order valence-corrected chi connectivity index (χ3v) is 3.26. The quantitative estimate of drug-likeness (QED) is 0.755. The minimum absolute atomic E-state index is 0.0660. The summed E-state index contributed by atoms with van der Waals surface area (Å²) in [4.78, 5) is 10.6. The van der Waals surface area contributed by atoms with Crippen LogP contribution in [0.2, 0.25) is 0 Å². The lowest BCUT2D eigenvalue weighted by molar-refractivity contribution is -0.00461. The molecule has 1 aliphatic heterocycles. The summed E-state index contributed by atoms with van der Waals surface area (Å²) in [6, 6.07) is 0. The van der Waals surface area contributed by atoms with Crippen LogP contribution in [-0.4, -0.2) is 49.5 Å². The minimum atomic E-state index is 0.0660. The molecule has 2 heterocycles. The highest BCUT2D eigenvalue weighted by Gasteiger charge is 2.34. The molecule has 2 rings (SSSR count). The monoisotopic (exact) mass is 257 g/mol. The van der Waals surface area contributed by atoms with Gasteiger partial charge in [0, 0.05) is 45.3 Å². The van der Waals surface area contributed by atoms with Crippen LogP contribution in [0.1, 0.15) is 5.56 Å². The second-order valence-electron chi connectivity index (χ2n) is 3.98. The van der Waals surface area contributed by atoms with Crippen molar-refractivity contribution in [2.75, 3.05) is 32.2 Å². The largest absolute Gasteiger partial charge is 0.377 e. The predicted octanol–water partition coefficient (Wildman–Crippen LogP) is 1.07. The van der Waals surface area contributed by atoms with Crippen molar-refractivity contribution in [3.05, 3.63) is 18.0 Å². The van der Waals surface area contributed by atoms with E-state index in [1.807, 2.05) is 0 Å². The first-order valence-corrected chi connectivity index (χ1v) is 5.99. The summed E-state index contributed by atoms with van der Waals surface area (Å²) in [5.74, 6) is 1.13. The number of ether oxygens (including phenoxy) is 2. The molecule has 0 aliphatic carbocycles. The Morgan fingerprint density at radius 1 is 1.24 bits per heavy atom. The molecule has 5 nitrogen and oxygen atoms in total. The Bertz CT molecular complexity index is 348. The van der Waals surface area contributed by atoms with Gasteiger partial charge in [0.25, 0.3) is 0 Å². The molecule has 0 bridgehead atoms. The second kappa shape index (κ2) is 5.62. The predicted molar refractivity (Wildman–Crippen MR) is 65.4 cm³/mol. The van der Waals surface area contributed by atoms with Gasteiger partial charge in [-0.1, -0.05) is 0 Å². The molecule has 1 aromatic heterocycles. The number of rotatable bonds is 4. The molecule has 0 aromatic carbocycles. The van der Waals surface area contributed by atoms with E-state index in [0.29, 0.717) is 11.8 Å². The Morgan fingerprint density at radius 3 is 2.18 bits per heavy atom. The highest BCUT2D eigenvalue weighted by Crippen LogP contribution is 2.20. The van der Waals surface area contributed by atoms with E-state index in [2.05, 4.69) is 14.9 Å². The second-order valence-corrected chi connectivity index (χ2v) is 4.25. The third kappa shape index (κ3) is 2.68. The van der Waals surface area contributed by atoms with Crippen molar-refractivity contribution in [2.45, 2.75) is 18.1 Å². The zero-order valence-corrected chi connectivity index (χ0v) is 10.7. The molecule has 0 N–H and O–H groups in total. The van der Waals surface area contributed by atoms with E-state index in [9.17, 15) is 0 Å². The van der Waals surface area contributed by atoms with E-state index >= 15 is 0 Å². The van der Waals surface area contributed by atoms with Crippen molar-refractivity contribution in [3.8, 4) is 0 Å². The lowest BCUT2D eigenvalue weighted by Gasteiger charge is -2.15. The number of hydrogen-bond donors (Lipinski definition) is 0. The maximum absolute atomic E-state index is 5.70. The zero-order valence-electron chi connectivity index (χ0n) is 9.97. The van der Waals surface area contributed by atoms with Crippen molar-refractivity contribution < 1.29 is 9.47 Å². The summed E-state index contributed by atoms with van der Waals surface area (Å²) in [6.45, 7) is 1.49. The van der Waals surface area contributed by atoms with Gasteiger partial charge in [-0.2, -0.15) is 0 Å². The van der Waals surface area contributed by atoms with Gasteiger partial charge in [-0.15, -0.1) is 11.6 Å². The van der Waals surface area contributed by atoms with Gasteiger partial charge >= 0.3 is 0 Å². The van der Waals surface area contributed by atoms with Gasteiger partial charge in [-0.05, 0) is 0 Å². The normalized spacial score (nSPS) is 24.3. The molecule has 17 heavy (non-hydrogen) atoms. The average Bonchev–Trinajstić information content (AvgIpc) is 2.82. The summed E-state index contributed by atoms with van der Waals surface area (Å²) >= 11 is 5.70. The summed E-state index contributed by atoms with van der Waals surface area (Å²) < 4.78 is 10.7. The van der Waals surface area contributed by atoms with Crippen molar-refractivity contribution in [3.63, 3.8) is 0 Å². The van der Waals surface area contributed by atoms with Crippen molar-refractivity contribution in [1.29, 1.82) is 0 Å². The van der Waals surface area contributed by atoms with Crippen molar-refractivity contribution >= 4 is 17.5 Å². The van der Waals surface area contributed by atoms with E-state index in [1.165, 1.54) is 0 Å². The highest BCUT2D eigenvalue weighted by atomic mass is 35.5. The molecule has 0 amide bonds. The molecule has 1 aliphatic rings. The lowest BCUT2D eigenvalue weighted by atomic mass is 10.3. The Kier molecular flexibility index (Phi) is 4.15. The number of nitrogens with zero attached hydrogens (tertiary/aromatic N) is 3. The van der Waals surface area contributed by atoms with Crippen LogP contribution in [0.4, 0.5) is 5.95 Å². The first-order valence-electron chi connectivity index (χ1n) is 5.46. The van der Waals surface area contributed by atoms with Gasteiger partial charge in [-0.25, -0.2) is 9.97 Å². The summed E-state index contributed by atoms with van der Waals surface area (Å²) in [5, 5.41) is 0. The average molecular weight is 258 g/mol. The molecule has 2 unspecified atom stereocenters. The van der Waals surface area contributed by atoms with Gasteiger partial charge in [-0.3, -0.25) is 0 Å². The SMILES string of the molecule is COC1CN(c2ncc(CCl)cn2)CC1OC. The Morgan fingerprint density at radius 2 is 1.76 bits per heavy atom. The molecule has 94 valence electrons. The Balaban J connectivity index is 2.07. The number of aromatic nitrogens is 2. The fraction of sp³-hybridized carbons (Fsp3) is 0.636. The smallest absolute Gasteiger partial charge is 0.225 e. The molecule has 0 spiro atoms.